The lowest BCUT2D eigenvalue weighted by Gasteiger charge is -2.20. The number of hydrogen-bond acceptors (Lipinski definition) is 3. The van der Waals surface area contributed by atoms with E-state index >= 15 is 0 Å². The quantitative estimate of drug-likeness (QED) is 0.621. The van der Waals surface area contributed by atoms with Crippen LogP contribution in [-0.2, 0) is 4.79 Å². The first kappa shape index (κ1) is 13.4. The van der Waals surface area contributed by atoms with Gasteiger partial charge < -0.3 is 15.3 Å². The molecule has 0 aliphatic heterocycles. The second-order valence-corrected chi connectivity index (χ2v) is 3.23. The lowest BCUT2D eigenvalue weighted by molar-refractivity contribution is -0.130. The highest BCUT2D eigenvalue weighted by atomic mass is 16.3. The monoisotopic (exact) mass is 202 g/mol. The highest BCUT2D eigenvalue weighted by molar-refractivity contribution is 5.78. The maximum absolute atomic E-state index is 11.5. The van der Waals surface area contributed by atoms with Gasteiger partial charge in [0.1, 0.15) is 0 Å². The van der Waals surface area contributed by atoms with Crippen molar-refractivity contribution in [3.05, 3.63) is 0 Å². The minimum absolute atomic E-state index is 0.0366. The second-order valence-electron chi connectivity index (χ2n) is 3.23. The Kier molecular flexibility index (Phi) is 7.42. The lowest BCUT2D eigenvalue weighted by atomic mass is 10.2. The van der Waals surface area contributed by atoms with E-state index in [0.29, 0.717) is 6.54 Å². The van der Waals surface area contributed by atoms with Crippen molar-refractivity contribution in [1.29, 1.82) is 0 Å². The zero-order chi connectivity index (χ0) is 11.0. The van der Waals surface area contributed by atoms with E-state index in [1.54, 1.807) is 4.90 Å². The lowest BCUT2D eigenvalue weighted by Crippen LogP contribution is -2.42. The molecule has 14 heavy (non-hydrogen) atoms. The van der Waals surface area contributed by atoms with E-state index in [9.17, 15) is 4.79 Å². The summed E-state index contributed by atoms with van der Waals surface area (Å²) in [5, 5.41) is 11.9. The Bertz CT molecular complexity index is 154. The molecule has 0 bridgehead atoms. The number of aliphatic hydroxyl groups excluding tert-OH is 1. The van der Waals surface area contributed by atoms with Gasteiger partial charge in [0.15, 0.2) is 0 Å². The fourth-order valence-corrected chi connectivity index (χ4v) is 1.26. The van der Waals surface area contributed by atoms with Gasteiger partial charge in [0.2, 0.25) is 5.91 Å². The summed E-state index contributed by atoms with van der Waals surface area (Å²) in [6, 6.07) is 0.0366. The molecule has 84 valence electrons. The summed E-state index contributed by atoms with van der Waals surface area (Å²) < 4.78 is 0. The molecular weight excluding hydrogens is 180 g/mol. The molecule has 0 aromatic carbocycles. The first-order chi connectivity index (χ1) is 6.69. The van der Waals surface area contributed by atoms with Crippen LogP contribution >= 0.6 is 0 Å². The predicted molar refractivity (Wildman–Crippen MR) is 57.1 cm³/mol. The van der Waals surface area contributed by atoms with Crippen molar-refractivity contribution in [2.75, 3.05) is 26.2 Å². The predicted octanol–water partition coefficient (Wildman–Crippen LogP) is 0.215. The number of rotatable bonds is 7. The third kappa shape index (κ3) is 4.58. The normalized spacial score (nSPS) is 12.6. The van der Waals surface area contributed by atoms with Crippen LogP contribution in [0.4, 0.5) is 0 Å². The highest BCUT2D eigenvalue weighted by Gasteiger charge is 2.11. The van der Waals surface area contributed by atoms with Crippen molar-refractivity contribution < 1.29 is 9.90 Å². The Morgan fingerprint density at radius 2 is 1.93 bits per heavy atom. The van der Waals surface area contributed by atoms with E-state index in [1.807, 2.05) is 20.8 Å². The molecule has 0 aromatic rings. The number of carbonyl (C=O) groups is 1. The number of likely N-dealkylation sites (N-methyl/N-ethyl adjacent to an activating group) is 1. The maximum Gasteiger partial charge on any atom is 0.236 e. The average Bonchev–Trinajstić information content (AvgIpc) is 2.21. The zero-order valence-corrected chi connectivity index (χ0v) is 9.42. The number of hydrogen-bond donors (Lipinski definition) is 2. The molecule has 0 aliphatic rings. The summed E-state index contributed by atoms with van der Waals surface area (Å²) in [7, 11) is 0. The molecule has 4 nitrogen and oxygen atoms in total. The van der Waals surface area contributed by atoms with Gasteiger partial charge in [0.25, 0.3) is 0 Å². The fourth-order valence-electron chi connectivity index (χ4n) is 1.26. The summed E-state index contributed by atoms with van der Waals surface area (Å²) in [5.41, 5.74) is 0. The van der Waals surface area contributed by atoms with E-state index in [0.717, 1.165) is 19.5 Å². The van der Waals surface area contributed by atoms with Gasteiger partial charge >= 0.3 is 0 Å². The van der Waals surface area contributed by atoms with Gasteiger partial charge in [0, 0.05) is 19.1 Å². The van der Waals surface area contributed by atoms with Crippen LogP contribution in [0.3, 0.4) is 0 Å². The molecule has 0 saturated carbocycles. The third-order valence-electron chi connectivity index (χ3n) is 2.37. The summed E-state index contributed by atoms with van der Waals surface area (Å²) in [6.45, 7) is 7.80. The van der Waals surface area contributed by atoms with Crippen LogP contribution in [0.25, 0.3) is 0 Å². The Morgan fingerprint density at radius 3 is 2.29 bits per heavy atom. The SMILES string of the molecule is CCC(CO)NCC(=O)N(CC)CC. The Morgan fingerprint density at radius 1 is 1.36 bits per heavy atom. The van der Waals surface area contributed by atoms with Gasteiger partial charge in [-0.1, -0.05) is 6.92 Å². The van der Waals surface area contributed by atoms with Crippen molar-refractivity contribution in [2.45, 2.75) is 33.2 Å². The first-order valence-electron chi connectivity index (χ1n) is 5.31. The minimum Gasteiger partial charge on any atom is -0.395 e. The van der Waals surface area contributed by atoms with E-state index in [-0.39, 0.29) is 18.6 Å². The van der Waals surface area contributed by atoms with Crippen molar-refractivity contribution in [3.63, 3.8) is 0 Å². The van der Waals surface area contributed by atoms with Crippen LogP contribution in [0.5, 0.6) is 0 Å². The van der Waals surface area contributed by atoms with Crippen LogP contribution in [0.2, 0.25) is 0 Å². The fraction of sp³-hybridized carbons (Fsp3) is 0.900. The minimum atomic E-state index is 0.0366. The van der Waals surface area contributed by atoms with Crippen LogP contribution in [0, 0.1) is 0 Å². The standard InChI is InChI=1S/C10H22N2O2/c1-4-9(8-13)11-7-10(14)12(5-2)6-3/h9,11,13H,4-8H2,1-3H3. The molecule has 0 aliphatic carbocycles. The van der Waals surface area contributed by atoms with Crippen LogP contribution in [-0.4, -0.2) is 48.2 Å². The van der Waals surface area contributed by atoms with Crippen molar-refractivity contribution in [2.24, 2.45) is 0 Å². The molecule has 1 unspecified atom stereocenters. The van der Waals surface area contributed by atoms with E-state index in [1.165, 1.54) is 0 Å². The number of nitrogens with one attached hydrogen (secondary N) is 1. The molecule has 0 saturated heterocycles. The molecule has 4 heteroatoms. The summed E-state index contributed by atoms with van der Waals surface area (Å²) in [5.74, 6) is 0.0990. The molecule has 0 fully saturated rings. The van der Waals surface area contributed by atoms with Crippen LogP contribution in [0.1, 0.15) is 27.2 Å². The molecule has 0 radical (unpaired) electrons. The van der Waals surface area contributed by atoms with E-state index < -0.39 is 0 Å². The highest BCUT2D eigenvalue weighted by Crippen LogP contribution is 1.91. The largest absolute Gasteiger partial charge is 0.395 e. The molecule has 0 aromatic heterocycles. The number of carbonyl (C=O) groups excluding carboxylic acids is 1. The van der Waals surface area contributed by atoms with Crippen molar-refractivity contribution in [3.8, 4) is 0 Å². The third-order valence-corrected chi connectivity index (χ3v) is 2.37. The van der Waals surface area contributed by atoms with Crippen LogP contribution in [0.15, 0.2) is 0 Å². The summed E-state index contributed by atoms with van der Waals surface area (Å²) in [6.07, 6.45) is 0.835. The first-order valence-corrected chi connectivity index (χ1v) is 5.31. The number of nitrogens with zero attached hydrogens (tertiary/aromatic N) is 1. The van der Waals surface area contributed by atoms with Gasteiger partial charge in [-0.25, -0.2) is 0 Å². The molecule has 1 amide bonds. The maximum atomic E-state index is 11.5. The Hall–Kier alpha value is -0.610. The van der Waals surface area contributed by atoms with Gasteiger partial charge in [-0.05, 0) is 20.3 Å². The van der Waals surface area contributed by atoms with E-state index in [2.05, 4.69) is 5.32 Å². The zero-order valence-electron chi connectivity index (χ0n) is 9.42. The molecule has 2 N–H and O–H groups in total. The van der Waals surface area contributed by atoms with Crippen molar-refractivity contribution >= 4 is 5.91 Å². The number of amides is 1. The van der Waals surface area contributed by atoms with Crippen LogP contribution < -0.4 is 5.32 Å². The van der Waals surface area contributed by atoms with Gasteiger partial charge in [0.05, 0.1) is 13.2 Å². The molecular formula is C10H22N2O2. The molecule has 0 rings (SSSR count). The smallest absolute Gasteiger partial charge is 0.236 e. The van der Waals surface area contributed by atoms with Gasteiger partial charge in [-0.2, -0.15) is 0 Å². The molecule has 0 heterocycles. The summed E-state index contributed by atoms with van der Waals surface area (Å²) >= 11 is 0. The molecule has 1 atom stereocenters. The summed E-state index contributed by atoms with van der Waals surface area (Å²) in [4.78, 5) is 13.3. The Balaban J connectivity index is 3.81. The van der Waals surface area contributed by atoms with E-state index in [4.69, 9.17) is 5.11 Å². The van der Waals surface area contributed by atoms with Gasteiger partial charge in [-0.3, -0.25) is 4.79 Å². The van der Waals surface area contributed by atoms with Gasteiger partial charge in [-0.15, -0.1) is 0 Å². The average molecular weight is 202 g/mol. The Labute approximate surface area is 86.3 Å². The van der Waals surface area contributed by atoms with Crippen molar-refractivity contribution in [1.82, 2.24) is 10.2 Å². The number of aliphatic hydroxyl groups is 1. The second kappa shape index (κ2) is 7.76. The topological polar surface area (TPSA) is 52.6 Å². The molecule has 0 spiro atoms.